The first-order valence-electron chi connectivity index (χ1n) is 14.1. The largest absolute Gasteiger partial charge is 0.419 e. The number of benzene rings is 1. The van der Waals surface area contributed by atoms with Gasteiger partial charge in [-0.05, 0) is 75.6 Å². The molecule has 4 aliphatic heterocycles. The van der Waals surface area contributed by atoms with E-state index in [4.69, 9.17) is 9.15 Å². The maximum Gasteiger partial charge on any atom is 0.419 e. The molecule has 4 fully saturated rings. The lowest BCUT2D eigenvalue weighted by molar-refractivity contribution is -0.135. The van der Waals surface area contributed by atoms with Crippen LogP contribution in [0.2, 0.25) is 0 Å². The third-order valence-corrected chi connectivity index (χ3v) is 11.1. The van der Waals surface area contributed by atoms with Gasteiger partial charge in [-0.25, -0.2) is 13.2 Å². The number of piperidine rings is 3. The Hall–Kier alpha value is -2.21. The first-order valence-corrected chi connectivity index (χ1v) is 15.5. The van der Waals surface area contributed by atoms with Gasteiger partial charge in [0.1, 0.15) is 0 Å². The molecule has 11 heteroatoms. The Bertz CT molecular complexity index is 1350. The van der Waals surface area contributed by atoms with Gasteiger partial charge in [0, 0.05) is 51.3 Å². The molecule has 4 atom stereocenters. The monoisotopic (exact) mass is 546 g/mol. The van der Waals surface area contributed by atoms with Crippen molar-refractivity contribution in [1.82, 2.24) is 18.7 Å². The molecular formula is C27H38N4O6S. The summed E-state index contributed by atoms with van der Waals surface area (Å²) < 4.78 is 42.2. The molecule has 4 aliphatic rings. The average molecular weight is 547 g/mol. The lowest BCUT2D eigenvalue weighted by Gasteiger charge is -2.57. The second-order valence-corrected chi connectivity index (χ2v) is 13.2. The van der Waals surface area contributed by atoms with E-state index >= 15 is 0 Å². The number of sulfonamides is 1. The van der Waals surface area contributed by atoms with Gasteiger partial charge in [-0.15, -0.1) is 0 Å². The molecule has 0 saturated carbocycles. The smallest absolute Gasteiger partial charge is 0.408 e. The highest BCUT2D eigenvalue weighted by atomic mass is 32.2. The van der Waals surface area contributed by atoms with E-state index in [0.717, 1.165) is 38.8 Å². The SMILES string of the molecule is Cn1c(=O)oc2cc(S(=O)(=O)N3C[C@@H]4CCCN5CCC[C@@H]([C@H]45)[C@H]3CCCC(=O)N3CCOCC3)ccc21. The Morgan fingerprint density at radius 1 is 1.08 bits per heavy atom. The molecule has 38 heavy (non-hydrogen) atoms. The Balaban J connectivity index is 1.28. The number of oxazole rings is 1. The summed E-state index contributed by atoms with van der Waals surface area (Å²) in [5.41, 5.74) is 0.851. The normalized spacial score (nSPS) is 28.9. The van der Waals surface area contributed by atoms with Crippen molar-refractivity contribution in [2.45, 2.75) is 61.9 Å². The Morgan fingerprint density at radius 2 is 1.84 bits per heavy atom. The molecule has 0 radical (unpaired) electrons. The zero-order valence-corrected chi connectivity index (χ0v) is 22.9. The Morgan fingerprint density at radius 3 is 2.63 bits per heavy atom. The predicted molar refractivity (Wildman–Crippen MR) is 141 cm³/mol. The minimum Gasteiger partial charge on any atom is -0.408 e. The number of hydrogen-bond donors (Lipinski definition) is 0. The topological polar surface area (TPSA) is 105 Å². The second-order valence-electron chi connectivity index (χ2n) is 11.3. The molecule has 208 valence electrons. The summed E-state index contributed by atoms with van der Waals surface area (Å²) in [6, 6.07) is 4.99. The summed E-state index contributed by atoms with van der Waals surface area (Å²) in [6.45, 7) is 5.09. The molecule has 10 nitrogen and oxygen atoms in total. The van der Waals surface area contributed by atoms with Crippen molar-refractivity contribution in [2.75, 3.05) is 45.9 Å². The fourth-order valence-corrected chi connectivity index (χ4v) is 9.21. The maximum atomic E-state index is 14.2. The van der Waals surface area contributed by atoms with Crippen LogP contribution in [0.4, 0.5) is 0 Å². The highest BCUT2D eigenvalue weighted by Crippen LogP contribution is 2.45. The number of amides is 1. The van der Waals surface area contributed by atoms with Crippen LogP contribution in [0.15, 0.2) is 32.3 Å². The summed E-state index contributed by atoms with van der Waals surface area (Å²) in [5, 5.41) is 0. The van der Waals surface area contributed by atoms with Crippen LogP contribution in [-0.2, 0) is 26.6 Å². The first-order chi connectivity index (χ1) is 18.3. The van der Waals surface area contributed by atoms with E-state index in [1.807, 2.05) is 4.90 Å². The molecule has 0 spiro atoms. The maximum absolute atomic E-state index is 14.2. The standard InChI is InChI=1S/C27H38N4O6S/c1-28-23-10-9-20(17-24(23)37-27(28)33)38(34,35)31-18-19-5-3-11-30-12-4-6-21(26(19)30)22(31)7-2-8-25(32)29-13-15-36-16-14-29/h9-10,17,19,21-22,26H,2-8,11-16,18H2,1H3/t19-,21+,22+,26-/m0/s1. The van der Waals surface area contributed by atoms with Crippen molar-refractivity contribution in [2.24, 2.45) is 18.9 Å². The summed E-state index contributed by atoms with van der Waals surface area (Å²) in [5.74, 6) is 0.189. The van der Waals surface area contributed by atoms with Crippen LogP contribution in [0.25, 0.3) is 11.1 Å². The number of carbonyl (C=O) groups is 1. The van der Waals surface area contributed by atoms with E-state index < -0.39 is 15.8 Å². The molecule has 5 heterocycles. The van der Waals surface area contributed by atoms with Crippen molar-refractivity contribution in [3.05, 3.63) is 28.7 Å². The number of rotatable bonds is 6. The fourth-order valence-electron chi connectivity index (χ4n) is 7.43. The van der Waals surface area contributed by atoms with Crippen LogP contribution in [0.1, 0.15) is 44.9 Å². The van der Waals surface area contributed by atoms with Gasteiger partial charge in [-0.3, -0.25) is 14.3 Å². The number of ether oxygens (including phenoxy) is 1. The van der Waals surface area contributed by atoms with Gasteiger partial charge in [-0.2, -0.15) is 4.31 Å². The van der Waals surface area contributed by atoms with Crippen LogP contribution in [-0.4, -0.2) is 91.0 Å². The van der Waals surface area contributed by atoms with Crippen molar-refractivity contribution < 1.29 is 22.4 Å². The third kappa shape index (κ3) is 4.61. The van der Waals surface area contributed by atoms with Gasteiger partial charge in [0.2, 0.25) is 15.9 Å². The molecule has 1 aromatic carbocycles. The lowest BCUT2D eigenvalue weighted by atomic mass is 9.70. The van der Waals surface area contributed by atoms with Crippen molar-refractivity contribution in [3.8, 4) is 0 Å². The Kier molecular flexibility index (Phi) is 7.13. The van der Waals surface area contributed by atoms with Crippen LogP contribution >= 0.6 is 0 Å². The highest BCUT2D eigenvalue weighted by Gasteiger charge is 2.51. The number of carbonyl (C=O) groups excluding carboxylic acids is 1. The van der Waals surface area contributed by atoms with Crippen LogP contribution in [0, 0.1) is 11.8 Å². The molecule has 2 aromatic rings. The molecule has 1 aromatic heterocycles. The molecule has 1 amide bonds. The number of morpholine rings is 1. The van der Waals surface area contributed by atoms with E-state index in [-0.39, 0.29) is 28.3 Å². The number of nitrogens with zero attached hydrogens (tertiary/aromatic N) is 4. The van der Waals surface area contributed by atoms with Gasteiger partial charge < -0.3 is 14.1 Å². The Labute approximate surface area is 223 Å². The van der Waals surface area contributed by atoms with Crippen molar-refractivity contribution >= 4 is 27.0 Å². The van der Waals surface area contributed by atoms with Gasteiger partial charge >= 0.3 is 5.76 Å². The fraction of sp³-hybridized carbons (Fsp3) is 0.704. The molecule has 4 saturated heterocycles. The predicted octanol–water partition coefficient (Wildman–Crippen LogP) is 2.02. The quantitative estimate of drug-likeness (QED) is 0.546. The van der Waals surface area contributed by atoms with E-state index in [1.54, 1.807) is 23.5 Å². The first kappa shape index (κ1) is 26.0. The molecule has 0 unspecified atom stereocenters. The molecule has 6 rings (SSSR count). The molecule has 0 aliphatic carbocycles. The second kappa shape index (κ2) is 10.4. The van der Waals surface area contributed by atoms with Crippen molar-refractivity contribution in [3.63, 3.8) is 0 Å². The summed E-state index contributed by atoms with van der Waals surface area (Å²) in [4.78, 5) is 29.5. The minimum absolute atomic E-state index is 0.129. The summed E-state index contributed by atoms with van der Waals surface area (Å²) in [6.07, 6.45) is 5.98. The zero-order chi connectivity index (χ0) is 26.4. The number of aromatic nitrogens is 1. The van der Waals surface area contributed by atoms with Gasteiger partial charge in [0.05, 0.1) is 23.6 Å². The number of aryl methyl sites for hydroxylation is 1. The van der Waals surface area contributed by atoms with E-state index in [1.165, 1.54) is 10.6 Å². The third-order valence-electron chi connectivity index (χ3n) is 9.25. The van der Waals surface area contributed by atoms with E-state index in [9.17, 15) is 18.0 Å². The van der Waals surface area contributed by atoms with E-state index in [0.29, 0.717) is 69.6 Å². The zero-order valence-electron chi connectivity index (χ0n) is 22.1. The molecular weight excluding hydrogens is 508 g/mol. The minimum atomic E-state index is -3.83. The molecule has 0 bridgehead atoms. The van der Waals surface area contributed by atoms with Crippen LogP contribution in [0.3, 0.4) is 0 Å². The van der Waals surface area contributed by atoms with Crippen LogP contribution < -0.4 is 5.76 Å². The number of fused-ring (bicyclic) bond motifs is 1. The average Bonchev–Trinajstić information content (AvgIpc) is 3.22. The van der Waals surface area contributed by atoms with Gasteiger partial charge in [0.15, 0.2) is 5.58 Å². The summed E-state index contributed by atoms with van der Waals surface area (Å²) >= 11 is 0. The lowest BCUT2D eigenvalue weighted by Crippen LogP contribution is -2.65. The molecule has 0 N–H and O–H groups in total. The van der Waals surface area contributed by atoms with Crippen LogP contribution in [0.5, 0.6) is 0 Å². The van der Waals surface area contributed by atoms with E-state index in [2.05, 4.69) is 4.90 Å². The van der Waals surface area contributed by atoms with Gasteiger partial charge in [-0.1, -0.05) is 0 Å². The highest BCUT2D eigenvalue weighted by molar-refractivity contribution is 7.89. The summed E-state index contributed by atoms with van der Waals surface area (Å²) in [7, 11) is -2.22. The van der Waals surface area contributed by atoms with Gasteiger partial charge in [0.25, 0.3) is 0 Å². The van der Waals surface area contributed by atoms with Crippen molar-refractivity contribution in [1.29, 1.82) is 0 Å². The number of hydrogen-bond acceptors (Lipinski definition) is 7.